The molecule has 0 aromatic carbocycles. The third-order valence-electron chi connectivity index (χ3n) is 2.49. The lowest BCUT2D eigenvalue weighted by molar-refractivity contribution is 0.473. The number of hydrogen-bond acceptors (Lipinski definition) is 4. The van der Waals surface area contributed by atoms with Crippen LogP contribution in [0.1, 0.15) is 5.82 Å². The largest absolute Gasteiger partial charge is 0.506 e. The highest BCUT2D eigenvalue weighted by Crippen LogP contribution is 2.21. The molecule has 0 fully saturated rings. The zero-order valence-corrected chi connectivity index (χ0v) is 9.20. The normalized spacial score (nSPS) is 10.9. The van der Waals surface area contributed by atoms with Crippen molar-refractivity contribution in [1.29, 1.82) is 0 Å². The molecule has 0 saturated carbocycles. The average Bonchev–Trinajstić information content (AvgIpc) is 2.68. The van der Waals surface area contributed by atoms with Crippen LogP contribution >= 0.6 is 0 Å². The molecule has 0 atom stereocenters. The van der Waals surface area contributed by atoms with Crippen molar-refractivity contribution in [2.75, 3.05) is 0 Å². The number of aromatic hydroxyl groups is 1. The number of aryl methyl sites for hydroxylation is 1. The second-order valence-corrected chi connectivity index (χ2v) is 3.81. The lowest BCUT2D eigenvalue weighted by Crippen LogP contribution is -1.89. The summed E-state index contributed by atoms with van der Waals surface area (Å²) in [6.45, 7) is 1.85. The van der Waals surface area contributed by atoms with Gasteiger partial charge in [0.2, 0.25) is 0 Å². The van der Waals surface area contributed by atoms with Gasteiger partial charge in [-0.25, -0.2) is 9.50 Å². The van der Waals surface area contributed by atoms with Gasteiger partial charge in [-0.3, -0.25) is 4.98 Å². The summed E-state index contributed by atoms with van der Waals surface area (Å²) in [6, 6.07) is 5.48. The Bertz CT molecular complexity index is 690. The van der Waals surface area contributed by atoms with Gasteiger partial charge in [-0.2, -0.15) is 5.10 Å². The van der Waals surface area contributed by atoms with Gasteiger partial charge in [-0.15, -0.1) is 0 Å². The second kappa shape index (κ2) is 3.55. The minimum absolute atomic E-state index is 0.150. The summed E-state index contributed by atoms with van der Waals surface area (Å²) in [6.07, 6.45) is 4.97. The summed E-state index contributed by atoms with van der Waals surface area (Å²) < 4.78 is 1.72. The van der Waals surface area contributed by atoms with E-state index in [2.05, 4.69) is 15.1 Å². The van der Waals surface area contributed by atoms with Gasteiger partial charge in [0.05, 0.1) is 6.20 Å². The predicted octanol–water partition coefficient (Wildman–Crippen LogP) is 1.81. The van der Waals surface area contributed by atoms with Crippen LogP contribution in [-0.4, -0.2) is 24.7 Å². The van der Waals surface area contributed by atoms with Crippen LogP contribution in [0, 0.1) is 6.92 Å². The molecule has 5 nitrogen and oxygen atoms in total. The fraction of sp³-hybridized carbons (Fsp3) is 0.0833. The Balaban J connectivity index is 2.17. The minimum atomic E-state index is 0.150. The van der Waals surface area contributed by atoms with E-state index in [1.54, 1.807) is 16.8 Å². The molecule has 0 spiro atoms. The number of fused-ring (bicyclic) bond motifs is 1. The van der Waals surface area contributed by atoms with E-state index < -0.39 is 0 Å². The van der Waals surface area contributed by atoms with Crippen molar-refractivity contribution in [3.8, 4) is 16.9 Å². The van der Waals surface area contributed by atoms with Crippen molar-refractivity contribution in [1.82, 2.24) is 19.6 Å². The molecule has 3 rings (SSSR count). The average molecular weight is 226 g/mol. The molecule has 5 heteroatoms. The Kier molecular flexibility index (Phi) is 2.04. The molecule has 17 heavy (non-hydrogen) atoms. The van der Waals surface area contributed by atoms with E-state index in [4.69, 9.17) is 0 Å². The summed E-state index contributed by atoms with van der Waals surface area (Å²) >= 11 is 0. The third-order valence-corrected chi connectivity index (χ3v) is 2.49. The molecule has 0 aliphatic carbocycles. The van der Waals surface area contributed by atoms with Crippen LogP contribution in [0.4, 0.5) is 0 Å². The van der Waals surface area contributed by atoms with Crippen molar-refractivity contribution in [2.24, 2.45) is 0 Å². The minimum Gasteiger partial charge on any atom is -0.506 e. The molecule has 0 aliphatic heterocycles. The van der Waals surface area contributed by atoms with Gasteiger partial charge >= 0.3 is 0 Å². The highest BCUT2D eigenvalue weighted by Gasteiger charge is 2.03. The highest BCUT2D eigenvalue weighted by molar-refractivity contribution is 5.64. The summed E-state index contributed by atoms with van der Waals surface area (Å²) in [5.41, 5.74) is 2.59. The fourth-order valence-electron chi connectivity index (χ4n) is 1.75. The topological polar surface area (TPSA) is 63.3 Å². The van der Waals surface area contributed by atoms with Crippen LogP contribution in [0.2, 0.25) is 0 Å². The van der Waals surface area contributed by atoms with E-state index in [0.29, 0.717) is 0 Å². The molecular formula is C12H10N4O. The number of nitrogens with zero attached hydrogens (tertiary/aromatic N) is 4. The van der Waals surface area contributed by atoms with E-state index in [0.717, 1.165) is 22.6 Å². The van der Waals surface area contributed by atoms with Gasteiger partial charge in [0, 0.05) is 23.5 Å². The van der Waals surface area contributed by atoms with Crippen molar-refractivity contribution >= 4 is 5.65 Å². The molecule has 0 saturated heterocycles. The monoisotopic (exact) mass is 226 g/mol. The highest BCUT2D eigenvalue weighted by atomic mass is 16.3. The predicted molar refractivity (Wildman–Crippen MR) is 62.6 cm³/mol. The SMILES string of the molecule is Cc1nc2ccc(-c3cncc(O)c3)cn2n1. The molecule has 3 aromatic heterocycles. The first-order chi connectivity index (χ1) is 8.22. The first-order valence-corrected chi connectivity index (χ1v) is 5.20. The molecule has 3 heterocycles. The van der Waals surface area contributed by atoms with Crippen LogP contribution < -0.4 is 0 Å². The first kappa shape index (κ1) is 9.77. The molecule has 3 aromatic rings. The number of hydrogen-bond donors (Lipinski definition) is 1. The molecule has 0 amide bonds. The summed E-state index contributed by atoms with van der Waals surface area (Å²) in [5.74, 6) is 0.883. The number of aromatic nitrogens is 4. The molecule has 1 N–H and O–H groups in total. The fourth-order valence-corrected chi connectivity index (χ4v) is 1.75. The quantitative estimate of drug-likeness (QED) is 0.687. The van der Waals surface area contributed by atoms with Crippen LogP contribution in [-0.2, 0) is 0 Å². The number of rotatable bonds is 1. The smallest absolute Gasteiger partial charge is 0.155 e. The maximum Gasteiger partial charge on any atom is 0.155 e. The first-order valence-electron chi connectivity index (χ1n) is 5.20. The Hall–Kier alpha value is -2.43. The molecule has 84 valence electrons. The van der Waals surface area contributed by atoms with Crippen molar-refractivity contribution < 1.29 is 5.11 Å². The van der Waals surface area contributed by atoms with Crippen LogP contribution in [0.15, 0.2) is 36.8 Å². The van der Waals surface area contributed by atoms with E-state index in [1.165, 1.54) is 6.20 Å². The second-order valence-electron chi connectivity index (χ2n) is 3.81. The molecule has 0 radical (unpaired) electrons. The van der Waals surface area contributed by atoms with Gasteiger partial charge in [0.25, 0.3) is 0 Å². The van der Waals surface area contributed by atoms with Gasteiger partial charge in [0.15, 0.2) is 5.65 Å². The molecule has 0 aliphatic rings. The van der Waals surface area contributed by atoms with Crippen molar-refractivity contribution in [3.05, 3.63) is 42.6 Å². The number of pyridine rings is 2. The Morgan fingerprint density at radius 2 is 2.06 bits per heavy atom. The molecular weight excluding hydrogens is 216 g/mol. The van der Waals surface area contributed by atoms with Gasteiger partial charge in [-0.1, -0.05) is 0 Å². The van der Waals surface area contributed by atoms with Crippen molar-refractivity contribution in [3.63, 3.8) is 0 Å². The van der Waals surface area contributed by atoms with Gasteiger partial charge in [-0.05, 0) is 25.1 Å². The van der Waals surface area contributed by atoms with Crippen LogP contribution in [0.5, 0.6) is 5.75 Å². The van der Waals surface area contributed by atoms with E-state index in [9.17, 15) is 5.11 Å². The third kappa shape index (κ3) is 1.71. The Labute approximate surface area is 97.4 Å². The molecule has 0 unspecified atom stereocenters. The zero-order chi connectivity index (χ0) is 11.8. The summed E-state index contributed by atoms with van der Waals surface area (Å²) in [7, 11) is 0. The molecule has 0 bridgehead atoms. The van der Waals surface area contributed by atoms with E-state index in [-0.39, 0.29) is 5.75 Å². The lowest BCUT2D eigenvalue weighted by Gasteiger charge is -2.01. The maximum absolute atomic E-state index is 9.39. The van der Waals surface area contributed by atoms with Crippen molar-refractivity contribution in [2.45, 2.75) is 6.92 Å². The van der Waals surface area contributed by atoms with Crippen LogP contribution in [0.3, 0.4) is 0 Å². The standard InChI is InChI=1S/C12H10N4O/c1-8-14-12-3-2-9(7-16(12)15-8)10-4-11(17)6-13-5-10/h2-7,17H,1H3. The summed E-state index contributed by atoms with van der Waals surface area (Å²) in [4.78, 5) is 8.20. The summed E-state index contributed by atoms with van der Waals surface area (Å²) in [5, 5.41) is 13.6. The zero-order valence-electron chi connectivity index (χ0n) is 9.20. The Morgan fingerprint density at radius 3 is 2.88 bits per heavy atom. The van der Waals surface area contributed by atoms with Crippen LogP contribution in [0.25, 0.3) is 16.8 Å². The maximum atomic E-state index is 9.39. The van der Waals surface area contributed by atoms with Gasteiger partial charge < -0.3 is 5.11 Å². The Morgan fingerprint density at radius 1 is 1.18 bits per heavy atom. The van der Waals surface area contributed by atoms with E-state index in [1.807, 2.05) is 25.3 Å². The lowest BCUT2D eigenvalue weighted by atomic mass is 10.1. The van der Waals surface area contributed by atoms with E-state index >= 15 is 0 Å². The van der Waals surface area contributed by atoms with Gasteiger partial charge in [0.1, 0.15) is 11.6 Å².